The first kappa shape index (κ1) is 15.8. The van der Waals surface area contributed by atoms with E-state index in [9.17, 15) is 4.79 Å². The number of anilines is 1. The van der Waals surface area contributed by atoms with Crippen LogP contribution in [0.4, 0.5) is 5.69 Å². The summed E-state index contributed by atoms with van der Waals surface area (Å²) < 4.78 is 5.57. The number of methoxy groups -OCH3 is 1. The number of hydrogen-bond donors (Lipinski definition) is 1. The zero-order valence-electron chi connectivity index (χ0n) is 13.3. The Labute approximate surface area is 127 Å². The summed E-state index contributed by atoms with van der Waals surface area (Å²) in [5.74, 6) is 0.127. The molecule has 2 atom stereocenters. The lowest BCUT2D eigenvalue weighted by molar-refractivity contribution is -0.127. The molecule has 0 heterocycles. The van der Waals surface area contributed by atoms with E-state index in [1.165, 1.54) is 12.8 Å². The molecule has 1 aliphatic carbocycles. The van der Waals surface area contributed by atoms with Gasteiger partial charge in [-0.15, -0.1) is 0 Å². The van der Waals surface area contributed by atoms with Crippen molar-refractivity contribution >= 4 is 11.6 Å². The van der Waals surface area contributed by atoms with Gasteiger partial charge in [-0.05, 0) is 30.5 Å². The first-order chi connectivity index (χ1) is 10.1. The Morgan fingerprint density at radius 2 is 1.90 bits per heavy atom. The van der Waals surface area contributed by atoms with E-state index in [4.69, 9.17) is 4.74 Å². The third kappa shape index (κ3) is 4.46. The predicted octanol–water partition coefficient (Wildman–Crippen LogP) is 2.69. The summed E-state index contributed by atoms with van der Waals surface area (Å²) in [6, 6.07) is 8.54. The summed E-state index contributed by atoms with van der Waals surface area (Å²) >= 11 is 0. The fraction of sp³-hybridized carbons (Fsp3) is 0.588. The van der Waals surface area contributed by atoms with Crippen molar-refractivity contribution < 1.29 is 9.53 Å². The number of nitrogens with one attached hydrogen (secondary N) is 1. The summed E-state index contributed by atoms with van der Waals surface area (Å²) in [7, 11) is 5.36. The minimum Gasteiger partial charge on any atom is -0.380 e. The molecule has 21 heavy (non-hydrogen) atoms. The Hall–Kier alpha value is -1.55. The number of carbonyl (C=O) groups excluding carboxylic acids is 1. The number of ether oxygens (including phenoxy) is 1. The Kier molecular flexibility index (Phi) is 5.62. The first-order valence-electron chi connectivity index (χ1n) is 7.68. The SMILES string of the molecule is COC1CCCCC1Nc1ccc(CC(=O)N(C)C)cc1. The number of rotatable bonds is 5. The van der Waals surface area contributed by atoms with Crippen LogP contribution in [0, 0.1) is 0 Å². The normalized spacial score (nSPS) is 21.9. The minimum atomic E-state index is 0.127. The largest absolute Gasteiger partial charge is 0.380 e. The van der Waals surface area contributed by atoms with Crippen molar-refractivity contribution in [3.05, 3.63) is 29.8 Å². The zero-order valence-corrected chi connectivity index (χ0v) is 13.3. The highest BCUT2D eigenvalue weighted by atomic mass is 16.5. The van der Waals surface area contributed by atoms with Crippen molar-refractivity contribution in [2.45, 2.75) is 44.2 Å². The lowest BCUT2D eigenvalue weighted by atomic mass is 9.92. The average Bonchev–Trinajstić information content (AvgIpc) is 2.49. The molecule has 1 fully saturated rings. The van der Waals surface area contributed by atoms with Crippen molar-refractivity contribution in [3.8, 4) is 0 Å². The Bertz CT molecular complexity index is 456. The highest BCUT2D eigenvalue weighted by Gasteiger charge is 2.24. The highest BCUT2D eigenvalue weighted by Crippen LogP contribution is 2.24. The maximum Gasteiger partial charge on any atom is 0.226 e. The van der Waals surface area contributed by atoms with Crippen molar-refractivity contribution in [2.75, 3.05) is 26.5 Å². The number of benzene rings is 1. The molecule has 4 heteroatoms. The second-order valence-electron chi connectivity index (χ2n) is 5.97. The van der Waals surface area contributed by atoms with E-state index in [0.29, 0.717) is 18.6 Å². The van der Waals surface area contributed by atoms with Crippen molar-refractivity contribution in [3.63, 3.8) is 0 Å². The lowest BCUT2D eigenvalue weighted by Crippen LogP contribution is -2.37. The monoisotopic (exact) mass is 290 g/mol. The van der Waals surface area contributed by atoms with E-state index in [1.54, 1.807) is 26.1 Å². The van der Waals surface area contributed by atoms with E-state index in [1.807, 2.05) is 12.1 Å². The fourth-order valence-corrected chi connectivity index (χ4v) is 2.81. The zero-order chi connectivity index (χ0) is 15.2. The quantitative estimate of drug-likeness (QED) is 0.906. The molecule has 1 aromatic rings. The van der Waals surface area contributed by atoms with Crippen LogP contribution in [0.3, 0.4) is 0 Å². The van der Waals surface area contributed by atoms with E-state index in [2.05, 4.69) is 17.4 Å². The van der Waals surface area contributed by atoms with Crippen LogP contribution in [-0.4, -0.2) is 44.2 Å². The standard InChI is InChI=1S/C17H26N2O2/c1-19(2)17(20)12-13-8-10-14(11-9-13)18-15-6-4-5-7-16(15)21-3/h8-11,15-16,18H,4-7,12H2,1-3H3. The second-order valence-corrected chi connectivity index (χ2v) is 5.97. The second kappa shape index (κ2) is 7.46. The van der Waals surface area contributed by atoms with Crippen LogP contribution >= 0.6 is 0 Å². The van der Waals surface area contributed by atoms with Gasteiger partial charge in [-0.3, -0.25) is 4.79 Å². The number of carbonyl (C=O) groups is 1. The molecule has 0 saturated heterocycles. The van der Waals surface area contributed by atoms with Gasteiger partial charge in [0.1, 0.15) is 0 Å². The van der Waals surface area contributed by atoms with Crippen LogP contribution in [0.1, 0.15) is 31.2 Å². The molecule has 1 saturated carbocycles. The summed E-state index contributed by atoms with van der Waals surface area (Å²) in [5.41, 5.74) is 2.15. The van der Waals surface area contributed by atoms with E-state index < -0.39 is 0 Å². The number of hydrogen-bond acceptors (Lipinski definition) is 3. The van der Waals surface area contributed by atoms with Crippen LogP contribution in [0.2, 0.25) is 0 Å². The van der Waals surface area contributed by atoms with Gasteiger partial charge in [-0.2, -0.15) is 0 Å². The Morgan fingerprint density at radius 3 is 2.52 bits per heavy atom. The third-order valence-corrected chi connectivity index (χ3v) is 4.17. The van der Waals surface area contributed by atoms with Gasteiger partial charge < -0.3 is 15.0 Å². The topological polar surface area (TPSA) is 41.6 Å². The first-order valence-corrected chi connectivity index (χ1v) is 7.68. The maximum absolute atomic E-state index is 11.7. The molecule has 0 aromatic heterocycles. The van der Waals surface area contributed by atoms with Crippen molar-refractivity contribution in [1.82, 2.24) is 4.90 Å². The smallest absolute Gasteiger partial charge is 0.226 e. The van der Waals surface area contributed by atoms with E-state index in [0.717, 1.165) is 24.1 Å². The highest BCUT2D eigenvalue weighted by molar-refractivity contribution is 5.78. The van der Waals surface area contributed by atoms with Gasteiger partial charge in [-0.1, -0.05) is 25.0 Å². The molecule has 4 nitrogen and oxygen atoms in total. The van der Waals surface area contributed by atoms with Crippen molar-refractivity contribution in [2.24, 2.45) is 0 Å². The summed E-state index contributed by atoms with van der Waals surface area (Å²) in [5, 5.41) is 3.56. The van der Waals surface area contributed by atoms with Crippen LogP contribution in [0.5, 0.6) is 0 Å². The third-order valence-electron chi connectivity index (χ3n) is 4.17. The number of likely N-dealkylation sites (N-methyl/N-ethyl adjacent to an activating group) is 1. The van der Waals surface area contributed by atoms with Crippen LogP contribution in [0.25, 0.3) is 0 Å². The van der Waals surface area contributed by atoms with Gasteiger partial charge in [0.25, 0.3) is 0 Å². The Balaban J connectivity index is 1.94. The van der Waals surface area contributed by atoms with Gasteiger partial charge in [0.05, 0.1) is 18.6 Å². The fourth-order valence-electron chi connectivity index (χ4n) is 2.81. The molecule has 116 valence electrons. The molecule has 1 amide bonds. The summed E-state index contributed by atoms with van der Waals surface area (Å²) in [6.07, 6.45) is 5.55. The number of nitrogens with zero attached hydrogens (tertiary/aromatic N) is 1. The molecule has 0 bridgehead atoms. The van der Waals surface area contributed by atoms with Crippen LogP contribution < -0.4 is 5.32 Å². The maximum atomic E-state index is 11.7. The van der Waals surface area contributed by atoms with Crippen LogP contribution in [-0.2, 0) is 16.0 Å². The molecular weight excluding hydrogens is 264 g/mol. The number of amides is 1. The predicted molar refractivity (Wildman–Crippen MR) is 85.5 cm³/mol. The molecule has 1 aromatic carbocycles. The van der Waals surface area contributed by atoms with Gasteiger partial charge in [0.2, 0.25) is 5.91 Å². The van der Waals surface area contributed by atoms with Gasteiger partial charge in [0.15, 0.2) is 0 Å². The van der Waals surface area contributed by atoms with Gasteiger partial charge >= 0.3 is 0 Å². The molecule has 2 unspecified atom stereocenters. The summed E-state index contributed by atoms with van der Waals surface area (Å²) in [4.78, 5) is 13.3. The van der Waals surface area contributed by atoms with Gasteiger partial charge in [0, 0.05) is 26.9 Å². The Morgan fingerprint density at radius 1 is 1.24 bits per heavy atom. The molecule has 0 radical (unpaired) electrons. The lowest BCUT2D eigenvalue weighted by Gasteiger charge is -2.31. The minimum absolute atomic E-state index is 0.127. The molecule has 0 aliphatic heterocycles. The average molecular weight is 290 g/mol. The van der Waals surface area contributed by atoms with Crippen molar-refractivity contribution in [1.29, 1.82) is 0 Å². The van der Waals surface area contributed by atoms with Gasteiger partial charge in [-0.25, -0.2) is 0 Å². The molecular formula is C17H26N2O2. The van der Waals surface area contributed by atoms with E-state index >= 15 is 0 Å². The molecule has 1 aliphatic rings. The van der Waals surface area contributed by atoms with E-state index in [-0.39, 0.29) is 5.91 Å². The molecule has 0 spiro atoms. The summed E-state index contributed by atoms with van der Waals surface area (Å²) in [6.45, 7) is 0. The molecule has 2 rings (SSSR count). The van der Waals surface area contributed by atoms with Crippen LogP contribution in [0.15, 0.2) is 24.3 Å². The molecule has 1 N–H and O–H groups in total.